The molecule has 0 radical (unpaired) electrons. The largest absolute Gasteiger partial charge is 0.465 e. The van der Waals surface area contributed by atoms with Crippen molar-refractivity contribution in [3.63, 3.8) is 0 Å². The van der Waals surface area contributed by atoms with E-state index in [0.717, 1.165) is 24.9 Å². The second kappa shape index (κ2) is 10.3. The molecule has 0 amide bonds. The van der Waals surface area contributed by atoms with Crippen LogP contribution in [0.2, 0.25) is 0 Å². The molecule has 1 heterocycles. The normalized spacial score (nSPS) is 10.2. The number of nitrogens with zero attached hydrogens (tertiary/aromatic N) is 2. The molecule has 1 N–H and O–H groups in total. The minimum Gasteiger partial charge on any atom is -0.465 e. The average Bonchev–Trinajstić information content (AvgIpc) is 2.74. The smallest absolute Gasteiger partial charge is 0.337 e. The number of hydrogen-bond donors (Lipinski definition) is 1. The van der Waals surface area contributed by atoms with Crippen molar-refractivity contribution in [2.45, 2.75) is 33.6 Å². The van der Waals surface area contributed by atoms with Crippen LogP contribution >= 0.6 is 0 Å². The number of esters is 1. The van der Waals surface area contributed by atoms with Crippen LogP contribution in [0.5, 0.6) is 0 Å². The SMILES string of the molecule is CC.CCCCNc1nc2cc(C(=O)OC)ccc2nc1-c1ccc(F)cc1. The molecule has 5 nitrogen and oxygen atoms in total. The number of carbonyl (C=O) groups excluding carboxylic acids is 1. The number of carbonyl (C=O) groups is 1. The van der Waals surface area contributed by atoms with E-state index in [4.69, 9.17) is 4.74 Å². The molecule has 6 heteroatoms. The summed E-state index contributed by atoms with van der Waals surface area (Å²) in [6, 6.07) is 11.2. The van der Waals surface area contributed by atoms with E-state index in [0.29, 0.717) is 28.1 Å². The van der Waals surface area contributed by atoms with Gasteiger partial charge in [0.05, 0.1) is 23.7 Å². The van der Waals surface area contributed by atoms with Crippen LogP contribution in [0.1, 0.15) is 44.0 Å². The summed E-state index contributed by atoms with van der Waals surface area (Å²) < 4.78 is 18.0. The number of methoxy groups -OCH3 is 1. The summed E-state index contributed by atoms with van der Waals surface area (Å²) in [5.74, 6) is -0.109. The van der Waals surface area contributed by atoms with Crippen molar-refractivity contribution in [2.24, 2.45) is 0 Å². The van der Waals surface area contributed by atoms with Crippen molar-refractivity contribution >= 4 is 22.8 Å². The predicted octanol–water partition coefficient (Wildman–Crippen LogP) is 5.46. The summed E-state index contributed by atoms with van der Waals surface area (Å²) in [6.45, 7) is 6.86. The first-order chi connectivity index (χ1) is 13.6. The average molecular weight is 383 g/mol. The molecule has 3 aromatic rings. The summed E-state index contributed by atoms with van der Waals surface area (Å²) in [7, 11) is 1.34. The molecule has 148 valence electrons. The number of anilines is 1. The zero-order valence-electron chi connectivity index (χ0n) is 16.8. The highest BCUT2D eigenvalue weighted by Crippen LogP contribution is 2.28. The molecule has 2 aromatic carbocycles. The van der Waals surface area contributed by atoms with Gasteiger partial charge in [0, 0.05) is 12.1 Å². The summed E-state index contributed by atoms with van der Waals surface area (Å²) in [5.41, 5.74) is 3.09. The number of nitrogens with one attached hydrogen (secondary N) is 1. The van der Waals surface area contributed by atoms with E-state index >= 15 is 0 Å². The summed E-state index contributed by atoms with van der Waals surface area (Å²) in [5, 5.41) is 3.30. The Labute approximate surface area is 165 Å². The number of benzene rings is 2. The van der Waals surface area contributed by atoms with Crippen LogP contribution in [-0.2, 0) is 4.74 Å². The molecule has 0 atom stereocenters. The Morgan fingerprint density at radius 3 is 2.43 bits per heavy atom. The third kappa shape index (κ3) is 5.03. The molecular weight excluding hydrogens is 357 g/mol. The molecule has 0 bridgehead atoms. The van der Waals surface area contributed by atoms with Crippen LogP contribution in [0, 0.1) is 5.82 Å². The molecule has 0 aliphatic carbocycles. The zero-order valence-corrected chi connectivity index (χ0v) is 16.8. The van der Waals surface area contributed by atoms with Crippen molar-refractivity contribution in [2.75, 3.05) is 19.0 Å². The summed E-state index contributed by atoms with van der Waals surface area (Å²) >= 11 is 0. The maximum Gasteiger partial charge on any atom is 0.337 e. The molecule has 0 saturated carbocycles. The van der Waals surface area contributed by atoms with Gasteiger partial charge in [-0.25, -0.2) is 19.2 Å². The molecule has 1 aromatic heterocycles. The molecule has 3 rings (SSSR count). The third-order valence-corrected chi connectivity index (χ3v) is 4.03. The lowest BCUT2D eigenvalue weighted by molar-refractivity contribution is 0.0601. The summed E-state index contributed by atoms with van der Waals surface area (Å²) in [6.07, 6.45) is 2.04. The quantitative estimate of drug-likeness (QED) is 0.452. The molecule has 0 saturated heterocycles. The molecule has 0 aliphatic rings. The topological polar surface area (TPSA) is 64.1 Å². The van der Waals surface area contributed by atoms with Gasteiger partial charge in [-0.15, -0.1) is 0 Å². The van der Waals surface area contributed by atoms with E-state index < -0.39 is 5.97 Å². The maximum absolute atomic E-state index is 13.3. The molecular formula is C22H26FN3O2. The Bertz CT molecular complexity index is 927. The monoisotopic (exact) mass is 383 g/mol. The number of halogens is 1. The Kier molecular flexibility index (Phi) is 7.87. The highest BCUT2D eigenvalue weighted by Gasteiger charge is 2.13. The van der Waals surface area contributed by atoms with Crippen LogP contribution in [0.25, 0.3) is 22.3 Å². The van der Waals surface area contributed by atoms with E-state index in [2.05, 4.69) is 22.2 Å². The second-order valence-corrected chi connectivity index (χ2v) is 5.90. The molecule has 28 heavy (non-hydrogen) atoms. The lowest BCUT2D eigenvalue weighted by Gasteiger charge is -2.12. The minimum absolute atomic E-state index is 0.300. The van der Waals surface area contributed by atoms with Crippen LogP contribution in [-0.4, -0.2) is 29.6 Å². The number of rotatable bonds is 6. The fraction of sp³-hybridized carbons (Fsp3) is 0.318. The van der Waals surface area contributed by atoms with Crippen molar-refractivity contribution in [1.29, 1.82) is 0 Å². The lowest BCUT2D eigenvalue weighted by atomic mass is 10.1. The first-order valence-electron chi connectivity index (χ1n) is 9.52. The Morgan fingerprint density at radius 1 is 1.07 bits per heavy atom. The fourth-order valence-corrected chi connectivity index (χ4v) is 2.62. The first-order valence-corrected chi connectivity index (χ1v) is 9.52. The number of ether oxygens (including phenoxy) is 1. The van der Waals surface area contributed by atoms with Crippen LogP contribution < -0.4 is 5.32 Å². The first kappa shape index (κ1) is 21.3. The van der Waals surface area contributed by atoms with Crippen molar-refractivity contribution < 1.29 is 13.9 Å². The number of fused-ring (bicyclic) bond motifs is 1. The van der Waals surface area contributed by atoms with Gasteiger partial charge >= 0.3 is 5.97 Å². The number of aromatic nitrogens is 2. The highest BCUT2D eigenvalue weighted by atomic mass is 19.1. The van der Waals surface area contributed by atoms with Gasteiger partial charge in [0.15, 0.2) is 5.82 Å². The highest BCUT2D eigenvalue weighted by molar-refractivity contribution is 5.94. The third-order valence-electron chi connectivity index (χ3n) is 4.03. The van der Waals surface area contributed by atoms with E-state index in [1.165, 1.54) is 19.2 Å². The predicted molar refractivity (Wildman–Crippen MR) is 111 cm³/mol. The van der Waals surface area contributed by atoms with Crippen LogP contribution in [0.4, 0.5) is 10.2 Å². The van der Waals surface area contributed by atoms with Gasteiger partial charge in [0.2, 0.25) is 0 Å². The van der Waals surface area contributed by atoms with Gasteiger partial charge < -0.3 is 10.1 Å². The van der Waals surface area contributed by atoms with Gasteiger partial charge in [0.1, 0.15) is 11.5 Å². The van der Waals surface area contributed by atoms with Crippen molar-refractivity contribution in [3.8, 4) is 11.3 Å². The van der Waals surface area contributed by atoms with Crippen LogP contribution in [0.15, 0.2) is 42.5 Å². The standard InChI is InChI=1S/C20H20FN3O2.C2H6/c1-3-4-11-22-19-18(13-5-8-15(21)9-6-13)23-16-10-7-14(20(25)26-2)12-17(16)24-19;1-2/h5-10,12H,3-4,11H2,1-2H3,(H,22,24);1-2H3. The van der Waals surface area contributed by atoms with Crippen LogP contribution in [0.3, 0.4) is 0 Å². The van der Waals surface area contributed by atoms with E-state index in [9.17, 15) is 9.18 Å². The van der Waals surface area contributed by atoms with E-state index in [-0.39, 0.29) is 5.82 Å². The Morgan fingerprint density at radius 2 is 1.79 bits per heavy atom. The summed E-state index contributed by atoms with van der Waals surface area (Å²) in [4.78, 5) is 21.1. The van der Waals surface area contributed by atoms with Gasteiger partial charge in [-0.1, -0.05) is 27.2 Å². The van der Waals surface area contributed by atoms with Gasteiger partial charge in [-0.3, -0.25) is 0 Å². The number of hydrogen-bond acceptors (Lipinski definition) is 5. The van der Waals surface area contributed by atoms with Gasteiger partial charge in [-0.2, -0.15) is 0 Å². The van der Waals surface area contributed by atoms with Gasteiger partial charge in [-0.05, 0) is 48.9 Å². The van der Waals surface area contributed by atoms with E-state index in [1.54, 1.807) is 30.3 Å². The molecule has 0 spiro atoms. The minimum atomic E-state index is -0.420. The van der Waals surface area contributed by atoms with Gasteiger partial charge in [0.25, 0.3) is 0 Å². The molecule has 0 aliphatic heterocycles. The maximum atomic E-state index is 13.3. The number of unbranched alkanes of at least 4 members (excludes halogenated alkanes) is 1. The van der Waals surface area contributed by atoms with Crippen molar-refractivity contribution in [1.82, 2.24) is 9.97 Å². The van der Waals surface area contributed by atoms with Crippen molar-refractivity contribution in [3.05, 3.63) is 53.8 Å². The Hall–Kier alpha value is -3.02. The van der Waals surface area contributed by atoms with E-state index in [1.807, 2.05) is 13.8 Å². The second-order valence-electron chi connectivity index (χ2n) is 5.90. The Balaban J connectivity index is 0.00000136. The lowest BCUT2D eigenvalue weighted by Crippen LogP contribution is -2.07. The zero-order chi connectivity index (χ0) is 20.5. The fourth-order valence-electron chi connectivity index (χ4n) is 2.62. The molecule has 0 fully saturated rings. The molecule has 0 unspecified atom stereocenters.